The van der Waals surface area contributed by atoms with Gasteiger partial charge in [0.15, 0.2) is 11.5 Å². The third-order valence-corrected chi connectivity index (χ3v) is 3.26. The Bertz CT molecular complexity index is 470. The average molecular weight is 247 g/mol. The molecule has 1 atom stereocenters. The van der Waals surface area contributed by atoms with Crippen LogP contribution in [0.3, 0.4) is 0 Å². The third-order valence-electron chi connectivity index (χ3n) is 3.26. The monoisotopic (exact) mass is 247 g/mol. The highest BCUT2D eigenvalue weighted by Gasteiger charge is 2.19. The maximum Gasteiger partial charge on any atom is 0.231 e. The Morgan fingerprint density at radius 3 is 2.83 bits per heavy atom. The number of nitrogens with two attached hydrogens (primary N) is 1. The van der Waals surface area contributed by atoms with Crippen LogP contribution in [0.5, 0.6) is 17.2 Å². The molecule has 2 aliphatic rings. The first-order valence-electron chi connectivity index (χ1n) is 6.33. The molecule has 0 saturated heterocycles. The predicted octanol–water partition coefficient (Wildman–Crippen LogP) is 2.36. The molecule has 3 rings (SSSR count). The fourth-order valence-corrected chi connectivity index (χ4v) is 2.28. The Balaban J connectivity index is 1.85. The molecule has 0 spiro atoms. The van der Waals surface area contributed by atoms with E-state index in [2.05, 4.69) is 12.2 Å². The second-order valence-corrected chi connectivity index (χ2v) is 4.53. The van der Waals surface area contributed by atoms with Gasteiger partial charge in [0.2, 0.25) is 6.79 Å². The van der Waals surface area contributed by atoms with Gasteiger partial charge in [-0.1, -0.05) is 6.08 Å². The van der Waals surface area contributed by atoms with E-state index in [9.17, 15) is 0 Å². The summed E-state index contributed by atoms with van der Waals surface area (Å²) in [4.78, 5) is 0. The molecular formula is C14H17NO3. The molecule has 0 amide bonds. The van der Waals surface area contributed by atoms with Crippen LogP contribution in [0.4, 0.5) is 0 Å². The number of hydrogen-bond acceptors (Lipinski definition) is 4. The first-order chi connectivity index (χ1) is 8.86. The van der Waals surface area contributed by atoms with Crippen LogP contribution in [-0.4, -0.2) is 12.9 Å². The minimum absolute atomic E-state index is 0.143. The quantitative estimate of drug-likeness (QED) is 0.833. The summed E-state index contributed by atoms with van der Waals surface area (Å²) in [5.41, 5.74) is 6.71. The van der Waals surface area contributed by atoms with Crippen LogP contribution in [-0.2, 0) is 6.54 Å². The van der Waals surface area contributed by atoms with Crippen molar-refractivity contribution in [3.63, 3.8) is 0 Å². The second-order valence-electron chi connectivity index (χ2n) is 4.53. The highest BCUT2D eigenvalue weighted by molar-refractivity contribution is 5.52. The molecule has 1 unspecified atom stereocenters. The molecule has 2 N–H and O–H groups in total. The fraction of sp³-hybridized carbons (Fsp3) is 0.429. The van der Waals surface area contributed by atoms with Gasteiger partial charge in [0, 0.05) is 18.2 Å². The Labute approximate surface area is 106 Å². The fourth-order valence-electron chi connectivity index (χ4n) is 2.28. The van der Waals surface area contributed by atoms with Crippen molar-refractivity contribution in [2.45, 2.75) is 31.9 Å². The number of rotatable bonds is 3. The Hall–Kier alpha value is -1.68. The van der Waals surface area contributed by atoms with Crippen molar-refractivity contribution in [1.29, 1.82) is 0 Å². The number of fused-ring (bicyclic) bond motifs is 1. The molecule has 1 aromatic rings. The van der Waals surface area contributed by atoms with E-state index in [1.54, 1.807) is 0 Å². The van der Waals surface area contributed by atoms with E-state index in [4.69, 9.17) is 19.9 Å². The van der Waals surface area contributed by atoms with Gasteiger partial charge in [-0.15, -0.1) is 0 Å². The number of ether oxygens (including phenoxy) is 3. The molecule has 96 valence electrons. The molecule has 1 aromatic carbocycles. The van der Waals surface area contributed by atoms with E-state index in [1.165, 1.54) is 6.42 Å². The van der Waals surface area contributed by atoms with Crippen LogP contribution in [0.1, 0.15) is 24.8 Å². The molecule has 18 heavy (non-hydrogen) atoms. The van der Waals surface area contributed by atoms with E-state index in [-0.39, 0.29) is 12.9 Å². The van der Waals surface area contributed by atoms with E-state index in [0.717, 1.165) is 35.7 Å². The second kappa shape index (κ2) is 4.90. The Morgan fingerprint density at radius 2 is 2.11 bits per heavy atom. The number of benzene rings is 1. The standard InChI is InChI=1S/C14H17NO3/c15-8-10-6-13-14(17-9-16-13)7-12(10)18-11-4-2-1-3-5-11/h2,4,6-7,11H,1,3,5,8-9,15H2. The molecule has 1 aliphatic heterocycles. The van der Waals surface area contributed by atoms with Gasteiger partial charge in [-0.2, -0.15) is 0 Å². The molecule has 0 aromatic heterocycles. The highest BCUT2D eigenvalue weighted by atomic mass is 16.7. The molecular weight excluding hydrogens is 230 g/mol. The summed E-state index contributed by atoms with van der Waals surface area (Å²) in [6.07, 6.45) is 7.80. The summed E-state index contributed by atoms with van der Waals surface area (Å²) < 4.78 is 16.7. The van der Waals surface area contributed by atoms with E-state index in [0.29, 0.717) is 6.54 Å². The van der Waals surface area contributed by atoms with E-state index >= 15 is 0 Å². The van der Waals surface area contributed by atoms with Crippen molar-refractivity contribution >= 4 is 0 Å². The van der Waals surface area contributed by atoms with Gasteiger partial charge in [-0.05, 0) is 31.4 Å². The van der Waals surface area contributed by atoms with Crippen LogP contribution in [0, 0.1) is 0 Å². The van der Waals surface area contributed by atoms with Crippen molar-refractivity contribution in [2.24, 2.45) is 5.73 Å². The largest absolute Gasteiger partial charge is 0.486 e. The smallest absolute Gasteiger partial charge is 0.231 e. The third kappa shape index (κ3) is 2.16. The maximum atomic E-state index is 6.00. The summed E-state index contributed by atoms with van der Waals surface area (Å²) in [6, 6.07) is 3.79. The van der Waals surface area contributed by atoms with E-state index < -0.39 is 0 Å². The van der Waals surface area contributed by atoms with Gasteiger partial charge >= 0.3 is 0 Å². The lowest BCUT2D eigenvalue weighted by Gasteiger charge is -2.20. The molecule has 1 aliphatic carbocycles. The lowest BCUT2D eigenvalue weighted by atomic mass is 10.1. The molecule has 0 bridgehead atoms. The van der Waals surface area contributed by atoms with Crippen molar-refractivity contribution in [1.82, 2.24) is 0 Å². The summed E-state index contributed by atoms with van der Waals surface area (Å²) in [6.45, 7) is 0.703. The summed E-state index contributed by atoms with van der Waals surface area (Å²) in [5.74, 6) is 2.29. The normalized spacial score (nSPS) is 21.1. The zero-order valence-corrected chi connectivity index (χ0v) is 10.2. The van der Waals surface area contributed by atoms with Crippen LogP contribution in [0.15, 0.2) is 24.3 Å². The summed E-state index contributed by atoms with van der Waals surface area (Å²) in [5, 5.41) is 0. The van der Waals surface area contributed by atoms with Crippen LogP contribution in [0.25, 0.3) is 0 Å². The van der Waals surface area contributed by atoms with Crippen LogP contribution >= 0.6 is 0 Å². The molecule has 0 radical (unpaired) electrons. The van der Waals surface area contributed by atoms with Crippen LogP contribution < -0.4 is 19.9 Å². The van der Waals surface area contributed by atoms with Gasteiger partial charge in [-0.3, -0.25) is 0 Å². The maximum absolute atomic E-state index is 6.00. The highest BCUT2D eigenvalue weighted by Crippen LogP contribution is 2.38. The topological polar surface area (TPSA) is 53.7 Å². The zero-order valence-electron chi connectivity index (χ0n) is 10.2. The molecule has 0 saturated carbocycles. The van der Waals surface area contributed by atoms with Gasteiger partial charge in [0.05, 0.1) is 0 Å². The van der Waals surface area contributed by atoms with Crippen LogP contribution in [0.2, 0.25) is 0 Å². The molecule has 4 nitrogen and oxygen atoms in total. The molecule has 4 heteroatoms. The van der Waals surface area contributed by atoms with Gasteiger partial charge in [0.1, 0.15) is 11.9 Å². The molecule has 0 fully saturated rings. The number of allylic oxidation sites excluding steroid dienone is 1. The summed E-state index contributed by atoms with van der Waals surface area (Å²) >= 11 is 0. The predicted molar refractivity (Wildman–Crippen MR) is 67.9 cm³/mol. The Morgan fingerprint density at radius 1 is 1.28 bits per heavy atom. The Kier molecular flexibility index (Phi) is 3.11. The zero-order chi connectivity index (χ0) is 12.4. The van der Waals surface area contributed by atoms with Gasteiger partial charge in [0.25, 0.3) is 0 Å². The first kappa shape index (κ1) is 11.4. The number of hydrogen-bond donors (Lipinski definition) is 1. The minimum Gasteiger partial charge on any atom is -0.486 e. The van der Waals surface area contributed by atoms with Crippen molar-refractivity contribution in [3.8, 4) is 17.2 Å². The van der Waals surface area contributed by atoms with Gasteiger partial charge < -0.3 is 19.9 Å². The average Bonchev–Trinajstić information content (AvgIpc) is 2.86. The van der Waals surface area contributed by atoms with Crippen molar-refractivity contribution in [3.05, 3.63) is 29.8 Å². The SMILES string of the molecule is NCc1cc2c(cc1OC1C=CCCC1)OCO2. The lowest BCUT2D eigenvalue weighted by Crippen LogP contribution is -2.17. The first-order valence-corrected chi connectivity index (χ1v) is 6.33. The van der Waals surface area contributed by atoms with Gasteiger partial charge in [-0.25, -0.2) is 0 Å². The van der Waals surface area contributed by atoms with Crippen molar-refractivity contribution in [2.75, 3.05) is 6.79 Å². The van der Waals surface area contributed by atoms with Crippen molar-refractivity contribution < 1.29 is 14.2 Å². The summed E-state index contributed by atoms with van der Waals surface area (Å²) in [7, 11) is 0. The minimum atomic E-state index is 0.143. The molecule has 1 heterocycles. The lowest BCUT2D eigenvalue weighted by molar-refractivity contribution is 0.173. The van der Waals surface area contributed by atoms with E-state index in [1.807, 2.05) is 12.1 Å².